The van der Waals surface area contributed by atoms with Crippen molar-refractivity contribution in [3.8, 4) is 0 Å². The summed E-state index contributed by atoms with van der Waals surface area (Å²) in [6, 6.07) is 5.28. The third-order valence-corrected chi connectivity index (χ3v) is 6.84. The van der Waals surface area contributed by atoms with Crippen molar-refractivity contribution in [2.24, 2.45) is 5.73 Å². The fourth-order valence-corrected chi connectivity index (χ4v) is 4.79. The van der Waals surface area contributed by atoms with Crippen LogP contribution in [0.4, 0.5) is 0 Å². The molecule has 0 aromatic heterocycles. The molecule has 1 fully saturated rings. The van der Waals surface area contributed by atoms with Gasteiger partial charge in [0.2, 0.25) is 10.0 Å². The van der Waals surface area contributed by atoms with Gasteiger partial charge in [0, 0.05) is 24.2 Å². The molecule has 1 saturated heterocycles. The first-order valence-electron chi connectivity index (χ1n) is 7.53. The van der Waals surface area contributed by atoms with E-state index in [0.29, 0.717) is 31.1 Å². The first-order valence-corrected chi connectivity index (χ1v) is 9.77. The van der Waals surface area contributed by atoms with E-state index >= 15 is 0 Å². The molecule has 132 valence electrons. The second-order valence-corrected chi connectivity index (χ2v) is 8.24. The van der Waals surface area contributed by atoms with Gasteiger partial charge < -0.3 is 10.5 Å². The normalized spacial score (nSPS) is 17.0. The van der Waals surface area contributed by atoms with Crippen LogP contribution in [0, 0.1) is 6.92 Å². The van der Waals surface area contributed by atoms with Crippen molar-refractivity contribution >= 4 is 38.4 Å². The second kappa shape index (κ2) is 9.34. The van der Waals surface area contributed by atoms with Gasteiger partial charge in [-0.25, -0.2) is 8.42 Å². The van der Waals surface area contributed by atoms with Gasteiger partial charge in [0.1, 0.15) is 0 Å². The van der Waals surface area contributed by atoms with Crippen LogP contribution in [0.5, 0.6) is 0 Å². The minimum absolute atomic E-state index is 0. The summed E-state index contributed by atoms with van der Waals surface area (Å²) in [5, 5.41) is 0. The summed E-state index contributed by atoms with van der Waals surface area (Å²) < 4.78 is 33.6. The zero-order valence-electron chi connectivity index (χ0n) is 13.2. The number of halogens is 2. The average molecular weight is 428 g/mol. The Bertz CT molecular complexity index is 605. The summed E-state index contributed by atoms with van der Waals surface area (Å²) in [6.45, 7) is 4.09. The molecular formula is C15H24BrClN2O3S. The van der Waals surface area contributed by atoms with Gasteiger partial charge in [0.05, 0.1) is 11.0 Å². The maximum Gasteiger partial charge on any atom is 0.243 e. The highest BCUT2D eigenvalue weighted by molar-refractivity contribution is 9.10. The molecule has 1 aromatic rings. The highest BCUT2D eigenvalue weighted by atomic mass is 79.9. The number of nitrogens with zero attached hydrogens (tertiary/aromatic N) is 1. The molecule has 0 amide bonds. The fraction of sp³-hybridized carbons (Fsp3) is 0.600. The smallest absolute Gasteiger partial charge is 0.243 e. The minimum atomic E-state index is -3.44. The number of piperidine rings is 1. The number of sulfonamides is 1. The second-order valence-electron chi connectivity index (χ2n) is 5.48. The highest BCUT2D eigenvalue weighted by Crippen LogP contribution is 2.28. The largest absolute Gasteiger partial charge is 0.378 e. The lowest BCUT2D eigenvalue weighted by Crippen LogP contribution is -2.41. The van der Waals surface area contributed by atoms with E-state index in [9.17, 15) is 8.42 Å². The van der Waals surface area contributed by atoms with Crippen LogP contribution in [0.15, 0.2) is 27.6 Å². The quantitative estimate of drug-likeness (QED) is 0.708. The molecule has 0 aliphatic carbocycles. The third-order valence-electron chi connectivity index (χ3n) is 3.94. The van der Waals surface area contributed by atoms with Gasteiger partial charge in [0.25, 0.3) is 0 Å². The van der Waals surface area contributed by atoms with Crippen molar-refractivity contribution < 1.29 is 13.2 Å². The fourth-order valence-electron chi connectivity index (χ4n) is 2.58. The maximum absolute atomic E-state index is 12.8. The van der Waals surface area contributed by atoms with E-state index < -0.39 is 10.0 Å². The summed E-state index contributed by atoms with van der Waals surface area (Å²) in [7, 11) is -3.44. The Kier molecular flexibility index (Phi) is 8.47. The van der Waals surface area contributed by atoms with Gasteiger partial charge >= 0.3 is 0 Å². The van der Waals surface area contributed by atoms with Crippen LogP contribution in [0.25, 0.3) is 0 Å². The molecule has 0 bridgehead atoms. The average Bonchev–Trinajstić information content (AvgIpc) is 2.50. The molecule has 0 atom stereocenters. The Balaban J connectivity index is 0.00000264. The lowest BCUT2D eigenvalue weighted by Gasteiger charge is -2.31. The molecule has 1 aromatic carbocycles. The van der Waals surface area contributed by atoms with Crippen molar-refractivity contribution in [2.45, 2.75) is 37.2 Å². The zero-order valence-corrected chi connectivity index (χ0v) is 16.4. The van der Waals surface area contributed by atoms with Gasteiger partial charge in [-0.15, -0.1) is 12.4 Å². The number of hydrogen-bond acceptors (Lipinski definition) is 4. The van der Waals surface area contributed by atoms with E-state index in [1.165, 1.54) is 0 Å². The van der Waals surface area contributed by atoms with Gasteiger partial charge in [-0.05, 0) is 50.4 Å². The minimum Gasteiger partial charge on any atom is -0.378 e. The molecule has 5 nitrogen and oxygen atoms in total. The molecule has 2 rings (SSSR count). The van der Waals surface area contributed by atoms with Crippen LogP contribution in [-0.4, -0.2) is 45.1 Å². The van der Waals surface area contributed by atoms with E-state index in [2.05, 4.69) is 15.9 Å². The molecule has 0 spiro atoms. The van der Waals surface area contributed by atoms with Gasteiger partial charge in [0.15, 0.2) is 0 Å². The number of nitrogens with two attached hydrogens (primary N) is 1. The lowest BCUT2D eigenvalue weighted by atomic mass is 10.1. The predicted molar refractivity (Wildman–Crippen MR) is 97.5 cm³/mol. The van der Waals surface area contributed by atoms with Crippen LogP contribution in [0.3, 0.4) is 0 Å². The first-order chi connectivity index (χ1) is 10.5. The monoisotopic (exact) mass is 426 g/mol. The number of ether oxygens (including phenoxy) is 1. The van der Waals surface area contributed by atoms with E-state index in [0.717, 1.165) is 29.3 Å². The molecule has 1 heterocycles. The Morgan fingerprint density at radius 2 is 2.00 bits per heavy atom. The van der Waals surface area contributed by atoms with Gasteiger partial charge in [-0.3, -0.25) is 0 Å². The third kappa shape index (κ3) is 5.14. The summed E-state index contributed by atoms with van der Waals surface area (Å²) in [6.07, 6.45) is 2.45. The molecule has 1 aliphatic heterocycles. The Morgan fingerprint density at radius 1 is 1.35 bits per heavy atom. The first kappa shape index (κ1) is 20.9. The van der Waals surface area contributed by atoms with E-state index in [1.54, 1.807) is 16.4 Å². The summed E-state index contributed by atoms with van der Waals surface area (Å²) in [5.74, 6) is 0. The topological polar surface area (TPSA) is 72.6 Å². The summed E-state index contributed by atoms with van der Waals surface area (Å²) >= 11 is 3.39. The summed E-state index contributed by atoms with van der Waals surface area (Å²) in [4.78, 5) is 0.379. The number of benzene rings is 1. The van der Waals surface area contributed by atoms with Crippen molar-refractivity contribution in [3.63, 3.8) is 0 Å². The van der Waals surface area contributed by atoms with E-state index in [4.69, 9.17) is 10.5 Å². The SMILES string of the molecule is Cc1c(Br)cccc1S(=O)(=O)N1CCC(OCCCN)CC1.Cl. The molecular weight excluding hydrogens is 404 g/mol. The van der Waals surface area contributed by atoms with Crippen LogP contribution in [0.2, 0.25) is 0 Å². The number of hydrogen-bond donors (Lipinski definition) is 1. The van der Waals surface area contributed by atoms with Crippen LogP contribution in [0.1, 0.15) is 24.8 Å². The van der Waals surface area contributed by atoms with Crippen LogP contribution >= 0.6 is 28.3 Å². The highest BCUT2D eigenvalue weighted by Gasteiger charge is 2.30. The molecule has 23 heavy (non-hydrogen) atoms. The van der Waals surface area contributed by atoms with Crippen LogP contribution in [-0.2, 0) is 14.8 Å². The van der Waals surface area contributed by atoms with Crippen molar-refractivity contribution in [2.75, 3.05) is 26.2 Å². The van der Waals surface area contributed by atoms with Crippen molar-refractivity contribution in [1.82, 2.24) is 4.31 Å². The molecule has 0 unspecified atom stereocenters. The zero-order chi connectivity index (χ0) is 16.2. The Hall–Kier alpha value is -0.180. The Morgan fingerprint density at radius 3 is 2.61 bits per heavy atom. The Labute approximate surface area is 153 Å². The predicted octanol–water partition coefficient (Wildman–Crippen LogP) is 2.70. The standard InChI is InChI=1S/C15H23BrN2O3S.ClH/c1-12-14(16)4-2-5-15(12)22(19,20)18-9-6-13(7-10-18)21-11-3-8-17;/h2,4-5,13H,3,6-11,17H2,1H3;1H. The molecule has 8 heteroatoms. The van der Waals surface area contributed by atoms with Gasteiger partial charge in [-0.1, -0.05) is 22.0 Å². The van der Waals surface area contributed by atoms with Gasteiger partial charge in [-0.2, -0.15) is 4.31 Å². The summed E-state index contributed by atoms with van der Waals surface area (Å²) in [5.41, 5.74) is 6.20. The van der Waals surface area contributed by atoms with Crippen molar-refractivity contribution in [3.05, 3.63) is 28.2 Å². The molecule has 0 saturated carbocycles. The van der Waals surface area contributed by atoms with E-state index in [1.807, 2.05) is 13.0 Å². The van der Waals surface area contributed by atoms with Crippen LogP contribution < -0.4 is 5.73 Å². The maximum atomic E-state index is 12.8. The molecule has 2 N–H and O–H groups in total. The van der Waals surface area contributed by atoms with Crippen molar-refractivity contribution in [1.29, 1.82) is 0 Å². The van der Waals surface area contributed by atoms with E-state index in [-0.39, 0.29) is 18.5 Å². The number of rotatable bonds is 6. The lowest BCUT2D eigenvalue weighted by molar-refractivity contribution is 0.0209. The molecule has 1 aliphatic rings. The molecule has 0 radical (unpaired) electrons.